The number of aromatic nitrogens is 1. The first-order chi connectivity index (χ1) is 18.9. The molecule has 0 fully saturated rings. The average molecular weight is 560 g/mol. The number of para-hydroxylation sites is 1. The number of aliphatic carboxylic acids is 1. The summed E-state index contributed by atoms with van der Waals surface area (Å²) in [7, 11) is 0. The van der Waals surface area contributed by atoms with Gasteiger partial charge in [-0.3, -0.25) is 24.2 Å². The zero-order valence-electron chi connectivity index (χ0n) is 22.2. The van der Waals surface area contributed by atoms with E-state index in [9.17, 15) is 29.1 Å². The molecule has 15 heteroatoms. The van der Waals surface area contributed by atoms with Crippen LogP contribution in [0.25, 0.3) is 10.9 Å². The third kappa shape index (κ3) is 9.90. The second-order valence-corrected chi connectivity index (χ2v) is 9.31. The van der Waals surface area contributed by atoms with E-state index in [-0.39, 0.29) is 44.6 Å². The van der Waals surface area contributed by atoms with Gasteiger partial charge in [0, 0.05) is 30.1 Å². The molecule has 13 N–H and O–H groups in total. The van der Waals surface area contributed by atoms with Gasteiger partial charge in [-0.25, -0.2) is 4.79 Å². The van der Waals surface area contributed by atoms with Gasteiger partial charge in [-0.2, -0.15) is 0 Å². The second kappa shape index (κ2) is 15.1. The van der Waals surface area contributed by atoms with E-state index in [2.05, 4.69) is 25.9 Å². The van der Waals surface area contributed by atoms with Crippen LogP contribution in [0.2, 0.25) is 0 Å². The van der Waals surface area contributed by atoms with Crippen molar-refractivity contribution >= 4 is 46.5 Å². The van der Waals surface area contributed by atoms with Crippen LogP contribution in [-0.2, 0) is 30.4 Å². The third-order valence-electron chi connectivity index (χ3n) is 6.08. The quantitative estimate of drug-likeness (QED) is 0.0619. The Morgan fingerprint density at radius 3 is 2.27 bits per heavy atom. The van der Waals surface area contributed by atoms with Crippen LogP contribution in [0.15, 0.2) is 35.5 Å². The first kappa shape index (κ1) is 31.6. The maximum atomic E-state index is 13.0. The molecule has 0 saturated carbocycles. The van der Waals surface area contributed by atoms with Crippen molar-refractivity contribution in [3.8, 4) is 0 Å². The molecular weight excluding hydrogens is 522 g/mol. The average Bonchev–Trinajstić information content (AvgIpc) is 3.30. The molecule has 15 nitrogen and oxygen atoms in total. The Labute approximate surface area is 230 Å². The number of fused-ring (bicyclic) bond motifs is 1. The molecule has 4 atom stereocenters. The molecule has 4 amide bonds. The number of carboxylic acids is 1. The highest BCUT2D eigenvalue weighted by Gasteiger charge is 2.28. The molecule has 0 saturated heterocycles. The highest BCUT2D eigenvalue weighted by Crippen LogP contribution is 2.18. The van der Waals surface area contributed by atoms with Gasteiger partial charge in [-0.15, -0.1) is 0 Å². The minimum absolute atomic E-state index is 0.0458. The monoisotopic (exact) mass is 559 g/mol. The smallest absolute Gasteiger partial charge is 0.326 e. The largest absolute Gasteiger partial charge is 0.480 e. The molecule has 1 heterocycles. The van der Waals surface area contributed by atoms with Crippen molar-refractivity contribution < 1.29 is 29.1 Å². The highest BCUT2D eigenvalue weighted by molar-refractivity contribution is 5.94. The van der Waals surface area contributed by atoms with Gasteiger partial charge < -0.3 is 49.0 Å². The summed E-state index contributed by atoms with van der Waals surface area (Å²) in [6.07, 6.45) is 1.91. The van der Waals surface area contributed by atoms with Crippen LogP contribution in [0.3, 0.4) is 0 Å². The minimum Gasteiger partial charge on any atom is -0.480 e. The predicted molar refractivity (Wildman–Crippen MR) is 147 cm³/mol. The molecular formula is C25H37N9O6. The van der Waals surface area contributed by atoms with Gasteiger partial charge in [0.25, 0.3) is 0 Å². The number of benzene rings is 1. The Morgan fingerprint density at radius 1 is 0.950 bits per heavy atom. The molecule has 1 aromatic heterocycles. The molecule has 0 spiro atoms. The van der Waals surface area contributed by atoms with E-state index in [0.29, 0.717) is 0 Å². The lowest BCUT2D eigenvalue weighted by Gasteiger charge is -2.23. The molecule has 4 unspecified atom stereocenters. The lowest BCUT2D eigenvalue weighted by Crippen LogP contribution is -2.56. The number of carbonyl (C=O) groups excluding carboxylic acids is 4. The third-order valence-corrected chi connectivity index (χ3v) is 6.08. The van der Waals surface area contributed by atoms with Crippen LogP contribution < -0.4 is 38.9 Å². The summed E-state index contributed by atoms with van der Waals surface area (Å²) in [6, 6.07) is 2.86. The van der Waals surface area contributed by atoms with Crippen LogP contribution >= 0.6 is 0 Å². The lowest BCUT2D eigenvalue weighted by molar-refractivity contribution is -0.142. The number of amides is 4. The number of aromatic amines is 1. The molecule has 0 aliphatic carbocycles. The molecule has 2 rings (SSSR count). The molecule has 40 heavy (non-hydrogen) atoms. The van der Waals surface area contributed by atoms with Crippen molar-refractivity contribution in [2.24, 2.45) is 27.9 Å². The van der Waals surface area contributed by atoms with Gasteiger partial charge in [0.2, 0.25) is 23.6 Å². The van der Waals surface area contributed by atoms with E-state index < -0.39 is 53.8 Å². The molecule has 1 aromatic carbocycles. The summed E-state index contributed by atoms with van der Waals surface area (Å²) in [6.45, 7) is 1.53. The number of hydrogen-bond donors (Lipinski definition) is 9. The lowest BCUT2D eigenvalue weighted by atomic mass is 10.0. The molecule has 0 aliphatic rings. The summed E-state index contributed by atoms with van der Waals surface area (Å²) in [5.41, 5.74) is 23.5. The van der Waals surface area contributed by atoms with E-state index in [1.807, 2.05) is 24.3 Å². The summed E-state index contributed by atoms with van der Waals surface area (Å²) in [5, 5.41) is 17.6. The highest BCUT2D eigenvalue weighted by atomic mass is 16.4. The van der Waals surface area contributed by atoms with Crippen LogP contribution in [0.1, 0.15) is 38.2 Å². The first-order valence-corrected chi connectivity index (χ1v) is 12.7. The number of carboxylic acid groups (broad SMARTS) is 1. The van der Waals surface area contributed by atoms with Crippen molar-refractivity contribution in [3.63, 3.8) is 0 Å². The zero-order valence-corrected chi connectivity index (χ0v) is 22.2. The fraction of sp³-hybridized carbons (Fsp3) is 0.440. The Kier molecular flexibility index (Phi) is 11.9. The summed E-state index contributed by atoms with van der Waals surface area (Å²) in [5.74, 6) is -4.27. The van der Waals surface area contributed by atoms with E-state index in [1.54, 1.807) is 6.20 Å². The van der Waals surface area contributed by atoms with Crippen molar-refractivity contribution in [1.29, 1.82) is 0 Å². The van der Waals surface area contributed by atoms with Crippen molar-refractivity contribution in [2.45, 2.75) is 63.2 Å². The number of carbonyl (C=O) groups is 5. The molecule has 2 aromatic rings. The minimum atomic E-state index is -1.27. The van der Waals surface area contributed by atoms with Crippen molar-refractivity contribution in [1.82, 2.24) is 20.9 Å². The SMILES string of the molecule is CC(NC(=O)C(CCC(N)=O)NC(=O)C(N)Cc1c[nH]c2ccccc12)C(=O)NC(CCCN=C(N)N)C(=O)O. The van der Waals surface area contributed by atoms with Gasteiger partial charge in [0.05, 0.1) is 6.04 Å². The van der Waals surface area contributed by atoms with Crippen LogP contribution in [0.4, 0.5) is 0 Å². The second-order valence-electron chi connectivity index (χ2n) is 9.31. The topological polar surface area (TPSA) is 274 Å². The maximum Gasteiger partial charge on any atom is 0.326 e. The van der Waals surface area contributed by atoms with Crippen LogP contribution in [0, 0.1) is 0 Å². The Bertz CT molecular complexity index is 1240. The zero-order chi connectivity index (χ0) is 29.8. The van der Waals surface area contributed by atoms with E-state index in [1.165, 1.54) is 6.92 Å². The Balaban J connectivity index is 2.00. The molecule has 218 valence electrons. The molecule has 0 radical (unpaired) electrons. The van der Waals surface area contributed by atoms with Gasteiger partial charge in [0.1, 0.15) is 18.1 Å². The van der Waals surface area contributed by atoms with Gasteiger partial charge in [-0.1, -0.05) is 18.2 Å². The van der Waals surface area contributed by atoms with E-state index in [0.717, 1.165) is 16.5 Å². The van der Waals surface area contributed by atoms with Gasteiger partial charge in [0.15, 0.2) is 5.96 Å². The summed E-state index contributed by atoms with van der Waals surface area (Å²) < 4.78 is 0. The molecule has 0 aliphatic heterocycles. The molecule has 0 bridgehead atoms. The first-order valence-electron chi connectivity index (χ1n) is 12.7. The van der Waals surface area contributed by atoms with Crippen molar-refractivity contribution in [3.05, 3.63) is 36.0 Å². The van der Waals surface area contributed by atoms with Gasteiger partial charge >= 0.3 is 5.97 Å². The fourth-order valence-electron chi connectivity index (χ4n) is 3.90. The number of H-pyrrole nitrogens is 1. The Hall–Kier alpha value is -4.66. The standard InChI is InChI=1S/C25H37N9O6/c1-13(21(36)34-19(24(39)40)7-4-10-30-25(28)29)32-23(38)18(8-9-20(27)35)33-22(37)16(26)11-14-12-31-17-6-3-2-5-15(14)17/h2-3,5-6,12-13,16,18-19,31H,4,7-11,26H2,1H3,(H2,27,35)(H,32,38)(H,33,37)(H,34,36)(H,39,40)(H4,28,29,30). The van der Waals surface area contributed by atoms with E-state index in [4.69, 9.17) is 22.9 Å². The number of guanidine groups is 1. The fourth-order valence-corrected chi connectivity index (χ4v) is 3.90. The number of primary amides is 1. The van der Waals surface area contributed by atoms with Crippen LogP contribution in [-0.4, -0.2) is 76.4 Å². The number of nitrogens with zero attached hydrogens (tertiary/aromatic N) is 1. The Morgan fingerprint density at radius 2 is 1.62 bits per heavy atom. The van der Waals surface area contributed by atoms with Gasteiger partial charge in [-0.05, 0) is 44.2 Å². The van der Waals surface area contributed by atoms with E-state index >= 15 is 0 Å². The normalized spacial score (nSPS) is 13.8. The number of aliphatic imine (C=N–C) groups is 1. The number of nitrogens with two attached hydrogens (primary N) is 4. The number of rotatable bonds is 16. The maximum absolute atomic E-state index is 13.0. The number of hydrogen-bond acceptors (Lipinski definition) is 7. The number of nitrogens with one attached hydrogen (secondary N) is 4. The summed E-state index contributed by atoms with van der Waals surface area (Å²) in [4.78, 5) is 68.2. The van der Waals surface area contributed by atoms with Crippen LogP contribution in [0.5, 0.6) is 0 Å². The predicted octanol–water partition coefficient (Wildman–Crippen LogP) is -2.08. The van der Waals surface area contributed by atoms with Crippen molar-refractivity contribution in [2.75, 3.05) is 6.54 Å². The summed E-state index contributed by atoms with van der Waals surface area (Å²) >= 11 is 0.